The number of nitrogens with zero attached hydrogens (tertiary/aromatic N) is 3. The molecule has 3 aromatic carbocycles. The Labute approximate surface area is 204 Å². The van der Waals surface area contributed by atoms with Gasteiger partial charge in [0.1, 0.15) is 12.4 Å². The summed E-state index contributed by atoms with van der Waals surface area (Å²) in [5.41, 5.74) is 4.50. The minimum absolute atomic E-state index is 0.182. The number of hydrogen-bond acceptors (Lipinski definition) is 5. The van der Waals surface area contributed by atoms with Crippen LogP contribution >= 0.6 is 11.8 Å². The van der Waals surface area contributed by atoms with Gasteiger partial charge in [-0.15, -0.1) is 0 Å². The predicted octanol–water partition coefficient (Wildman–Crippen LogP) is 5.37. The van der Waals surface area contributed by atoms with Crippen LogP contribution in [-0.2, 0) is 11.4 Å². The summed E-state index contributed by atoms with van der Waals surface area (Å²) in [5, 5.41) is 0.794. The largest absolute Gasteiger partial charge is 0.488 e. The fourth-order valence-corrected chi connectivity index (χ4v) is 5.01. The van der Waals surface area contributed by atoms with E-state index < -0.39 is 0 Å². The minimum Gasteiger partial charge on any atom is -0.488 e. The van der Waals surface area contributed by atoms with Gasteiger partial charge in [-0.3, -0.25) is 4.79 Å². The molecule has 0 aliphatic carbocycles. The fraction of sp³-hybridized carbons (Fsp3) is 0.214. The lowest BCUT2D eigenvalue weighted by Gasteiger charge is -2.36. The van der Waals surface area contributed by atoms with Crippen LogP contribution in [0, 0.1) is 6.92 Å². The first kappa shape index (κ1) is 22.3. The molecule has 0 unspecified atom stereocenters. The summed E-state index contributed by atoms with van der Waals surface area (Å²) in [6.45, 7) is 6.09. The lowest BCUT2D eigenvalue weighted by Crippen LogP contribution is -2.47. The SMILES string of the molecule is Cc1ccc(N2CCN(C3=NC(=O)/C(=C/c4ccccc4OCc4ccccc4)S3)CC2)cc1. The number of hydrogen-bond donors (Lipinski definition) is 0. The highest BCUT2D eigenvalue weighted by atomic mass is 32.2. The van der Waals surface area contributed by atoms with Crippen LogP contribution in [-0.4, -0.2) is 42.2 Å². The molecule has 6 heteroatoms. The third kappa shape index (κ3) is 5.18. The van der Waals surface area contributed by atoms with Gasteiger partial charge >= 0.3 is 0 Å². The molecule has 0 spiro atoms. The Kier molecular flexibility index (Phi) is 6.67. The van der Waals surface area contributed by atoms with E-state index in [1.807, 2.05) is 60.7 Å². The Hall–Kier alpha value is -3.51. The van der Waals surface area contributed by atoms with Crippen LogP contribution in [0.15, 0.2) is 88.8 Å². The van der Waals surface area contributed by atoms with Crippen molar-refractivity contribution in [3.8, 4) is 5.75 Å². The number of para-hydroxylation sites is 1. The Morgan fingerprint density at radius 1 is 0.882 bits per heavy atom. The van der Waals surface area contributed by atoms with E-state index in [0.29, 0.717) is 11.5 Å². The van der Waals surface area contributed by atoms with Crippen molar-refractivity contribution >= 4 is 34.6 Å². The molecule has 1 saturated heterocycles. The summed E-state index contributed by atoms with van der Waals surface area (Å²) in [6, 6.07) is 26.5. The number of benzene rings is 3. The van der Waals surface area contributed by atoms with E-state index in [0.717, 1.165) is 48.2 Å². The second kappa shape index (κ2) is 10.2. The van der Waals surface area contributed by atoms with E-state index >= 15 is 0 Å². The van der Waals surface area contributed by atoms with Crippen LogP contribution in [0.3, 0.4) is 0 Å². The highest BCUT2D eigenvalue weighted by Crippen LogP contribution is 2.33. The maximum absolute atomic E-state index is 12.7. The number of thioether (sulfide) groups is 1. The third-order valence-corrected chi connectivity index (χ3v) is 7.05. The van der Waals surface area contributed by atoms with Crippen molar-refractivity contribution in [3.05, 3.63) is 100 Å². The van der Waals surface area contributed by atoms with Crippen molar-refractivity contribution in [1.82, 2.24) is 4.90 Å². The van der Waals surface area contributed by atoms with Crippen molar-refractivity contribution < 1.29 is 9.53 Å². The molecule has 5 rings (SSSR count). The second-order valence-electron chi connectivity index (χ2n) is 8.43. The molecule has 0 saturated carbocycles. The van der Waals surface area contributed by atoms with Gasteiger partial charge in [0.2, 0.25) is 0 Å². The van der Waals surface area contributed by atoms with E-state index in [9.17, 15) is 4.79 Å². The Morgan fingerprint density at radius 2 is 1.56 bits per heavy atom. The average molecular weight is 470 g/mol. The monoisotopic (exact) mass is 469 g/mol. The van der Waals surface area contributed by atoms with Crippen LogP contribution in [0.2, 0.25) is 0 Å². The number of piperazine rings is 1. The molecule has 2 aliphatic heterocycles. The Balaban J connectivity index is 1.23. The standard InChI is InChI=1S/C28H27N3O2S/c1-21-11-13-24(14-12-21)30-15-17-31(18-16-30)28-29-27(32)26(34-28)19-23-9-5-6-10-25(23)33-20-22-7-3-2-4-8-22/h2-14,19H,15-18,20H2,1H3/b26-19-. The maximum Gasteiger partial charge on any atom is 0.286 e. The lowest BCUT2D eigenvalue weighted by molar-refractivity contribution is -0.113. The van der Waals surface area contributed by atoms with Crippen molar-refractivity contribution in [2.75, 3.05) is 31.1 Å². The zero-order chi connectivity index (χ0) is 23.3. The van der Waals surface area contributed by atoms with Gasteiger partial charge in [0, 0.05) is 37.4 Å². The van der Waals surface area contributed by atoms with E-state index in [2.05, 4.69) is 46.0 Å². The predicted molar refractivity (Wildman–Crippen MR) is 140 cm³/mol. The van der Waals surface area contributed by atoms with E-state index in [1.54, 1.807) is 0 Å². The van der Waals surface area contributed by atoms with Gasteiger partial charge in [-0.1, -0.05) is 66.2 Å². The number of anilines is 1. The number of amides is 1. The van der Waals surface area contributed by atoms with Crippen LogP contribution in [0.4, 0.5) is 5.69 Å². The topological polar surface area (TPSA) is 45.1 Å². The summed E-state index contributed by atoms with van der Waals surface area (Å²) in [6.07, 6.45) is 1.90. The Bertz CT molecular complexity index is 1210. The molecule has 0 atom stereocenters. The average Bonchev–Trinajstić information content (AvgIpc) is 3.25. The summed E-state index contributed by atoms with van der Waals surface area (Å²) in [4.78, 5) is 22.3. The van der Waals surface area contributed by atoms with Crippen molar-refractivity contribution in [2.45, 2.75) is 13.5 Å². The van der Waals surface area contributed by atoms with Gasteiger partial charge in [-0.2, -0.15) is 4.99 Å². The van der Waals surface area contributed by atoms with Gasteiger partial charge in [0.25, 0.3) is 5.91 Å². The van der Waals surface area contributed by atoms with Crippen LogP contribution in [0.5, 0.6) is 5.75 Å². The molecule has 2 heterocycles. The van der Waals surface area contributed by atoms with E-state index in [1.165, 1.54) is 23.0 Å². The molecule has 3 aromatic rings. The zero-order valence-corrected chi connectivity index (χ0v) is 20.0. The fourth-order valence-electron chi connectivity index (χ4n) is 4.05. The molecule has 172 valence electrons. The minimum atomic E-state index is -0.182. The smallest absolute Gasteiger partial charge is 0.286 e. The van der Waals surface area contributed by atoms with Gasteiger partial charge in [-0.05, 0) is 48.5 Å². The van der Waals surface area contributed by atoms with E-state index in [-0.39, 0.29) is 5.91 Å². The first-order valence-corrected chi connectivity index (χ1v) is 12.3. The van der Waals surface area contributed by atoms with Crippen molar-refractivity contribution in [2.24, 2.45) is 4.99 Å². The number of carbonyl (C=O) groups is 1. The first-order valence-electron chi connectivity index (χ1n) is 11.5. The van der Waals surface area contributed by atoms with Gasteiger partial charge in [0.05, 0.1) is 4.91 Å². The molecule has 0 aromatic heterocycles. The van der Waals surface area contributed by atoms with Crippen LogP contribution in [0.1, 0.15) is 16.7 Å². The number of aliphatic imine (C=N–C) groups is 1. The molecule has 0 N–H and O–H groups in total. The summed E-state index contributed by atoms with van der Waals surface area (Å²) in [5.74, 6) is 0.575. The molecular formula is C28H27N3O2S. The normalized spacial score (nSPS) is 17.3. The molecule has 1 fully saturated rings. The van der Waals surface area contributed by atoms with Crippen LogP contribution < -0.4 is 9.64 Å². The summed E-state index contributed by atoms with van der Waals surface area (Å²) in [7, 11) is 0. The second-order valence-corrected chi connectivity index (χ2v) is 9.44. The highest BCUT2D eigenvalue weighted by molar-refractivity contribution is 8.18. The van der Waals surface area contributed by atoms with Crippen molar-refractivity contribution in [3.63, 3.8) is 0 Å². The lowest BCUT2D eigenvalue weighted by atomic mass is 10.2. The van der Waals surface area contributed by atoms with Crippen LogP contribution in [0.25, 0.3) is 6.08 Å². The first-order chi connectivity index (χ1) is 16.7. The molecule has 5 nitrogen and oxygen atoms in total. The van der Waals surface area contributed by atoms with Gasteiger partial charge in [0.15, 0.2) is 5.17 Å². The molecule has 1 amide bonds. The molecule has 0 radical (unpaired) electrons. The highest BCUT2D eigenvalue weighted by Gasteiger charge is 2.28. The molecule has 34 heavy (non-hydrogen) atoms. The van der Waals surface area contributed by atoms with Gasteiger partial charge < -0.3 is 14.5 Å². The third-order valence-electron chi connectivity index (χ3n) is 6.00. The van der Waals surface area contributed by atoms with Gasteiger partial charge in [-0.25, -0.2) is 0 Å². The maximum atomic E-state index is 12.7. The number of ether oxygens (including phenoxy) is 1. The molecular weight excluding hydrogens is 442 g/mol. The quantitative estimate of drug-likeness (QED) is 0.471. The number of aryl methyl sites for hydroxylation is 1. The van der Waals surface area contributed by atoms with Crippen molar-refractivity contribution in [1.29, 1.82) is 0 Å². The summed E-state index contributed by atoms with van der Waals surface area (Å²) >= 11 is 1.46. The number of amidine groups is 1. The Morgan fingerprint density at radius 3 is 2.32 bits per heavy atom. The molecule has 2 aliphatic rings. The summed E-state index contributed by atoms with van der Waals surface area (Å²) < 4.78 is 6.05. The zero-order valence-electron chi connectivity index (χ0n) is 19.2. The number of rotatable bonds is 5. The van der Waals surface area contributed by atoms with E-state index in [4.69, 9.17) is 4.74 Å². The molecule has 0 bridgehead atoms. The number of carbonyl (C=O) groups excluding carboxylic acids is 1.